The minimum Gasteiger partial charge on any atom is -0.493 e. The van der Waals surface area contributed by atoms with Gasteiger partial charge in [0.1, 0.15) is 5.82 Å². The molecule has 1 aromatic heterocycles. The van der Waals surface area contributed by atoms with Crippen LogP contribution in [0.4, 0.5) is 0 Å². The van der Waals surface area contributed by atoms with Crippen molar-refractivity contribution in [3.8, 4) is 11.5 Å². The fraction of sp³-hybridized carbons (Fsp3) is 0.444. The molecule has 3 rings (SSSR count). The number of para-hydroxylation sites is 1. The van der Waals surface area contributed by atoms with Gasteiger partial charge in [0.15, 0.2) is 11.5 Å². The fourth-order valence-corrected chi connectivity index (χ4v) is 3.00. The lowest BCUT2D eigenvalue weighted by molar-refractivity contribution is 0.234. The molecule has 0 N–H and O–H groups in total. The summed E-state index contributed by atoms with van der Waals surface area (Å²) in [5.74, 6) is 2.49. The lowest BCUT2D eigenvalue weighted by Crippen LogP contribution is -2.31. The highest BCUT2D eigenvalue weighted by atomic mass is 16.5. The van der Waals surface area contributed by atoms with Gasteiger partial charge < -0.3 is 9.47 Å². The molecule has 1 aromatic carbocycles. The van der Waals surface area contributed by atoms with Crippen LogP contribution in [0.15, 0.2) is 24.4 Å². The van der Waals surface area contributed by atoms with Crippen LogP contribution in [0.3, 0.4) is 0 Å². The zero-order chi connectivity index (χ0) is 16.2. The van der Waals surface area contributed by atoms with Crippen molar-refractivity contribution in [3.05, 3.63) is 47.0 Å². The van der Waals surface area contributed by atoms with E-state index < -0.39 is 0 Å². The molecule has 0 bridgehead atoms. The van der Waals surface area contributed by atoms with Crippen LogP contribution < -0.4 is 9.47 Å². The molecular weight excluding hydrogens is 290 g/mol. The van der Waals surface area contributed by atoms with Crippen molar-refractivity contribution in [3.63, 3.8) is 0 Å². The summed E-state index contributed by atoms with van der Waals surface area (Å²) in [4.78, 5) is 11.3. The molecule has 5 heteroatoms. The van der Waals surface area contributed by atoms with Crippen LogP contribution in [-0.2, 0) is 19.5 Å². The second-order valence-electron chi connectivity index (χ2n) is 5.73. The fourth-order valence-electron chi connectivity index (χ4n) is 3.00. The van der Waals surface area contributed by atoms with Crippen LogP contribution in [0.25, 0.3) is 0 Å². The number of aromatic nitrogens is 2. The Balaban J connectivity index is 1.79. The monoisotopic (exact) mass is 313 g/mol. The van der Waals surface area contributed by atoms with E-state index in [9.17, 15) is 0 Å². The number of benzene rings is 1. The van der Waals surface area contributed by atoms with Crippen LogP contribution in [0.5, 0.6) is 11.5 Å². The van der Waals surface area contributed by atoms with E-state index in [1.807, 2.05) is 32.2 Å². The zero-order valence-corrected chi connectivity index (χ0v) is 14.0. The number of rotatable bonds is 5. The molecule has 2 heterocycles. The molecule has 0 unspecified atom stereocenters. The molecule has 0 amide bonds. The van der Waals surface area contributed by atoms with Crippen LogP contribution in [0.2, 0.25) is 0 Å². The van der Waals surface area contributed by atoms with E-state index in [2.05, 4.69) is 20.9 Å². The smallest absolute Gasteiger partial charge is 0.165 e. The van der Waals surface area contributed by atoms with Crippen LogP contribution in [-0.4, -0.2) is 35.1 Å². The van der Waals surface area contributed by atoms with Gasteiger partial charge in [-0.15, -0.1) is 0 Å². The minimum absolute atomic E-state index is 0.628. The average Bonchev–Trinajstić information content (AvgIpc) is 2.56. The van der Waals surface area contributed by atoms with Crippen molar-refractivity contribution >= 4 is 0 Å². The maximum Gasteiger partial charge on any atom is 0.165 e. The Bertz CT molecular complexity index is 688. The molecule has 2 aromatic rings. The lowest BCUT2D eigenvalue weighted by atomic mass is 10.1. The van der Waals surface area contributed by atoms with Crippen molar-refractivity contribution in [2.75, 3.05) is 20.3 Å². The summed E-state index contributed by atoms with van der Waals surface area (Å²) >= 11 is 0. The number of methoxy groups -OCH3 is 1. The molecule has 5 nitrogen and oxygen atoms in total. The summed E-state index contributed by atoms with van der Waals surface area (Å²) < 4.78 is 11.2. The topological polar surface area (TPSA) is 47.5 Å². The largest absolute Gasteiger partial charge is 0.493 e. The number of hydrogen-bond acceptors (Lipinski definition) is 5. The van der Waals surface area contributed by atoms with Crippen molar-refractivity contribution in [2.45, 2.75) is 33.4 Å². The van der Waals surface area contributed by atoms with Gasteiger partial charge in [-0.1, -0.05) is 12.1 Å². The number of hydrogen-bond donors (Lipinski definition) is 0. The number of aryl methyl sites for hydroxylation is 1. The molecule has 1 aliphatic rings. The third-order valence-electron chi connectivity index (χ3n) is 4.10. The Hall–Kier alpha value is -2.14. The standard InChI is InChI=1S/C18H23N3O2/c1-4-23-18-14(6-5-7-17(18)22-3)11-21-9-8-16-15(12-21)10-19-13(2)20-16/h5-7,10H,4,8-9,11-12H2,1-3H3. The van der Waals surface area contributed by atoms with E-state index in [-0.39, 0.29) is 0 Å². The van der Waals surface area contributed by atoms with Gasteiger partial charge in [0, 0.05) is 49.1 Å². The number of nitrogens with zero attached hydrogens (tertiary/aromatic N) is 3. The summed E-state index contributed by atoms with van der Waals surface area (Å²) in [6.45, 7) is 7.26. The molecule has 0 atom stereocenters. The second-order valence-corrected chi connectivity index (χ2v) is 5.73. The average molecular weight is 313 g/mol. The number of fused-ring (bicyclic) bond motifs is 1. The first-order valence-corrected chi connectivity index (χ1v) is 8.03. The second kappa shape index (κ2) is 6.96. The quantitative estimate of drug-likeness (QED) is 0.849. The number of ether oxygens (including phenoxy) is 2. The molecule has 23 heavy (non-hydrogen) atoms. The van der Waals surface area contributed by atoms with E-state index in [1.54, 1.807) is 7.11 Å². The molecule has 0 aliphatic carbocycles. The first kappa shape index (κ1) is 15.7. The first-order chi connectivity index (χ1) is 11.2. The predicted molar refractivity (Wildman–Crippen MR) is 88.8 cm³/mol. The molecule has 1 aliphatic heterocycles. The molecule has 0 spiro atoms. The molecule has 0 fully saturated rings. The highest BCUT2D eigenvalue weighted by molar-refractivity contribution is 5.46. The predicted octanol–water partition coefficient (Wildman–Crippen LogP) is 2.75. The molecule has 0 saturated carbocycles. The summed E-state index contributed by atoms with van der Waals surface area (Å²) in [6, 6.07) is 6.06. The van der Waals surface area contributed by atoms with Gasteiger partial charge in [-0.3, -0.25) is 4.90 Å². The summed E-state index contributed by atoms with van der Waals surface area (Å²) in [6.07, 6.45) is 2.92. The highest BCUT2D eigenvalue weighted by Gasteiger charge is 2.20. The highest BCUT2D eigenvalue weighted by Crippen LogP contribution is 2.32. The lowest BCUT2D eigenvalue weighted by Gasteiger charge is -2.28. The van der Waals surface area contributed by atoms with Crippen molar-refractivity contribution < 1.29 is 9.47 Å². The van der Waals surface area contributed by atoms with Gasteiger partial charge in [-0.05, 0) is 19.9 Å². The van der Waals surface area contributed by atoms with Crippen LogP contribution >= 0.6 is 0 Å². The Morgan fingerprint density at radius 1 is 1.30 bits per heavy atom. The van der Waals surface area contributed by atoms with E-state index in [4.69, 9.17) is 9.47 Å². The van der Waals surface area contributed by atoms with Gasteiger partial charge in [0.2, 0.25) is 0 Å². The summed E-state index contributed by atoms with van der Waals surface area (Å²) in [5, 5.41) is 0. The Kier molecular flexibility index (Phi) is 4.76. The Labute approximate surface area is 137 Å². The summed E-state index contributed by atoms with van der Waals surface area (Å²) in [7, 11) is 1.68. The third kappa shape index (κ3) is 3.45. The maximum atomic E-state index is 5.81. The van der Waals surface area contributed by atoms with Gasteiger partial charge in [-0.25, -0.2) is 9.97 Å². The van der Waals surface area contributed by atoms with Crippen molar-refractivity contribution in [1.29, 1.82) is 0 Å². The van der Waals surface area contributed by atoms with Gasteiger partial charge in [-0.2, -0.15) is 0 Å². The molecule has 122 valence electrons. The molecule has 0 saturated heterocycles. The normalized spacial score (nSPS) is 14.4. The van der Waals surface area contributed by atoms with Crippen molar-refractivity contribution in [2.24, 2.45) is 0 Å². The van der Waals surface area contributed by atoms with Crippen LogP contribution in [0, 0.1) is 6.92 Å². The van der Waals surface area contributed by atoms with E-state index >= 15 is 0 Å². The zero-order valence-electron chi connectivity index (χ0n) is 14.0. The Morgan fingerprint density at radius 3 is 2.96 bits per heavy atom. The SMILES string of the molecule is CCOc1c(CN2CCc3nc(C)ncc3C2)cccc1OC. The molecule has 0 radical (unpaired) electrons. The maximum absolute atomic E-state index is 5.81. The van der Waals surface area contributed by atoms with Gasteiger partial charge >= 0.3 is 0 Å². The minimum atomic E-state index is 0.628. The van der Waals surface area contributed by atoms with E-state index in [0.717, 1.165) is 48.9 Å². The van der Waals surface area contributed by atoms with E-state index in [0.29, 0.717) is 6.61 Å². The van der Waals surface area contributed by atoms with Gasteiger partial charge in [0.05, 0.1) is 13.7 Å². The first-order valence-electron chi connectivity index (χ1n) is 8.03. The Morgan fingerprint density at radius 2 is 2.17 bits per heavy atom. The third-order valence-corrected chi connectivity index (χ3v) is 4.10. The van der Waals surface area contributed by atoms with E-state index in [1.165, 1.54) is 11.3 Å². The van der Waals surface area contributed by atoms with Crippen molar-refractivity contribution in [1.82, 2.24) is 14.9 Å². The molecular formula is C18H23N3O2. The van der Waals surface area contributed by atoms with Gasteiger partial charge in [0.25, 0.3) is 0 Å². The summed E-state index contributed by atoms with van der Waals surface area (Å²) in [5.41, 5.74) is 3.56. The van der Waals surface area contributed by atoms with Crippen LogP contribution in [0.1, 0.15) is 29.6 Å².